The van der Waals surface area contributed by atoms with E-state index in [1.54, 1.807) is 48.5 Å². The van der Waals surface area contributed by atoms with Gasteiger partial charge in [-0.15, -0.1) is 10.1 Å². The summed E-state index contributed by atoms with van der Waals surface area (Å²) in [4.78, 5) is 59.0. The molecule has 174 valence electrons. The standard InChI is InChI=1S/C22H20N2O8.CH4/c25-19-15-5-1-2-6-16(15)20(26)23(19)31-13-11-29-9-10-30-12-14-32-24-21(27)17-7-3-4-8-18(17)22(24)28;/h1-8H,9-14H2;1H4. The largest absolute Gasteiger partial charge is 0.377 e. The molecule has 0 fully saturated rings. The lowest BCUT2D eigenvalue weighted by atomic mass is 10.1. The van der Waals surface area contributed by atoms with Gasteiger partial charge in [-0.1, -0.05) is 31.7 Å². The molecular formula is C23H24N2O8. The molecule has 4 amide bonds. The van der Waals surface area contributed by atoms with Gasteiger partial charge in [0.25, 0.3) is 23.6 Å². The summed E-state index contributed by atoms with van der Waals surface area (Å²) in [5.41, 5.74) is 1.26. The van der Waals surface area contributed by atoms with Crippen LogP contribution in [0.15, 0.2) is 48.5 Å². The molecule has 0 bridgehead atoms. The van der Waals surface area contributed by atoms with Gasteiger partial charge in [0.1, 0.15) is 0 Å². The van der Waals surface area contributed by atoms with Crippen LogP contribution in [0.1, 0.15) is 48.9 Å². The van der Waals surface area contributed by atoms with Crippen LogP contribution in [0.5, 0.6) is 0 Å². The molecule has 2 aliphatic heterocycles. The first-order chi connectivity index (χ1) is 15.6. The maximum Gasteiger partial charge on any atom is 0.285 e. The monoisotopic (exact) mass is 456 g/mol. The number of hydroxylamine groups is 4. The third-order valence-electron chi connectivity index (χ3n) is 4.78. The van der Waals surface area contributed by atoms with Crippen molar-refractivity contribution < 1.29 is 38.3 Å². The summed E-state index contributed by atoms with van der Waals surface area (Å²) in [5, 5.41) is 1.47. The van der Waals surface area contributed by atoms with E-state index in [1.165, 1.54) is 0 Å². The van der Waals surface area contributed by atoms with Crippen molar-refractivity contribution in [3.05, 3.63) is 70.8 Å². The summed E-state index contributed by atoms with van der Waals surface area (Å²) in [7, 11) is 0. The van der Waals surface area contributed by atoms with E-state index in [0.29, 0.717) is 22.3 Å². The first-order valence-electron chi connectivity index (χ1n) is 9.96. The van der Waals surface area contributed by atoms with Gasteiger partial charge in [-0.05, 0) is 24.3 Å². The van der Waals surface area contributed by atoms with Gasteiger partial charge >= 0.3 is 0 Å². The highest BCUT2D eigenvalue weighted by atomic mass is 16.7. The zero-order valence-corrected chi connectivity index (χ0v) is 17.0. The molecule has 0 saturated carbocycles. The molecule has 0 N–H and O–H groups in total. The topological polar surface area (TPSA) is 112 Å². The van der Waals surface area contributed by atoms with Crippen molar-refractivity contribution in [1.29, 1.82) is 0 Å². The van der Waals surface area contributed by atoms with Crippen molar-refractivity contribution in [3.63, 3.8) is 0 Å². The Bertz CT molecular complexity index is 901. The van der Waals surface area contributed by atoms with Crippen LogP contribution in [-0.2, 0) is 19.1 Å². The van der Waals surface area contributed by atoms with Crippen LogP contribution in [0.2, 0.25) is 0 Å². The van der Waals surface area contributed by atoms with E-state index in [1.807, 2.05) is 0 Å². The number of ether oxygens (including phenoxy) is 2. The fourth-order valence-corrected chi connectivity index (χ4v) is 3.27. The van der Waals surface area contributed by atoms with Crippen molar-refractivity contribution in [2.45, 2.75) is 7.43 Å². The van der Waals surface area contributed by atoms with E-state index in [4.69, 9.17) is 19.1 Å². The molecule has 0 atom stereocenters. The highest BCUT2D eigenvalue weighted by molar-refractivity contribution is 6.21. The van der Waals surface area contributed by atoms with Gasteiger partial charge in [-0.25, -0.2) is 0 Å². The number of amides is 4. The molecule has 2 heterocycles. The number of imide groups is 2. The number of fused-ring (bicyclic) bond motifs is 2. The average Bonchev–Trinajstić information content (AvgIpc) is 3.20. The predicted octanol–water partition coefficient (Wildman–Crippen LogP) is 2.11. The third-order valence-corrected chi connectivity index (χ3v) is 4.78. The fourth-order valence-electron chi connectivity index (χ4n) is 3.27. The lowest BCUT2D eigenvalue weighted by molar-refractivity contribution is -0.115. The van der Waals surface area contributed by atoms with Gasteiger partial charge < -0.3 is 9.47 Å². The van der Waals surface area contributed by atoms with Gasteiger partial charge in [0.05, 0.1) is 61.9 Å². The first-order valence-corrected chi connectivity index (χ1v) is 9.96. The summed E-state index contributed by atoms with van der Waals surface area (Å²) in [6.45, 7) is 0.851. The van der Waals surface area contributed by atoms with Crippen LogP contribution in [-0.4, -0.2) is 73.4 Å². The van der Waals surface area contributed by atoms with Crippen LogP contribution in [0.25, 0.3) is 0 Å². The number of carbonyl (C=O) groups is 4. The maximum atomic E-state index is 12.1. The lowest BCUT2D eigenvalue weighted by Crippen LogP contribution is -2.31. The number of hydrogen-bond acceptors (Lipinski definition) is 8. The van der Waals surface area contributed by atoms with Gasteiger partial charge in [0.2, 0.25) is 0 Å². The minimum Gasteiger partial charge on any atom is -0.377 e. The molecule has 10 nitrogen and oxygen atoms in total. The van der Waals surface area contributed by atoms with Crippen molar-refractivity contribution in [1.82, 2.24) is 10.1 Å². The average molecular weight is 456 g/mol. The van der Waals surface area contributed by atoms with Crippen LogP contribution < -0.4 is 0 Å². The van der Waals surface area contributed by atoms with Crippen molar-refractivity contribution >= 4 is 23.6 Å². The molecule has 10 heteroatoms. The number of rotatable bonds is 11. The van der Waals surface area contributed by atoms with Crippen molar-refractivity contribution in [3.8, 4) is 0 Å². The van der Waals surface area contributed by atoms with Crippen LogP contribution in [0.3, 0.4) is 0 Å². The van der Waals surface area contributed by atoms with Gasteiger partial charge in [0.15, 0.2) is 0 Å². The summed E-state index contributed by atoms with van der Waals surface area (Å²) in [6, 6.07) is 13.0. The van der Waals surface area contributed by atoms with Crippen LogP contribution in [0, 0.1) is 0 Å². The Hall–Kier alpha value is -3.44. The summed E-state index contributed by atoms with van der Waals surface area (Å²) in [5.74, 6) is -1.97. The smallest absolute Gasteiger partial charge is 0.285 e. The Labute approximate surface area is 190 Å². The number of hydrogen-bond donors (Lipinski definition) is 0. The Morgan fingerprint density at radius 2 is 0.758 bits per heavy atom. The summed E-state index contributed by atoms with van der Waals surface area (Å²) in [6.07, 6.45) is 0. The van der Waals surface area contributed by atoms with Crippen molar-refractivity contribution in [2.24, 2.45) is 0 Å². The number of benzene rings is 2. The zero-order chi connectivity index (χ0) is 22.5. The molecule has 33 heavy (non-hydrogen) atoms. The minimum absolute atomic E-state index is 0. The summed E-state index contributed by atoms with van der Waals surface area (Å²) < 4.78 is 10.7. The van der Waals surface area contributed by atoms with E-state index < -0.39 is 23.6 Å². The van der Waals surface area contributed by atoms with E-state index in [-0.39, 0.29) is 47.1 Å². The molecule has 0 aromatic heterocycles. The second-order valence-corrected chi connectivity index (χ2v) is 6.79. The first kappa shape index (κ1) is 24.2. The SMILES string of the molecule is C.O=C1c2ccccc2C(=O)N1OCCOCCOCCON1C(=O)c2ccccc2C1=O. The quantitative estimate of drug-likeness (QED) is 0.373. The Balaban J connectivity index is 0.00000306. The normalized spacial score (nSPS) is 14.5. The Kier molecular flexibility index (Phi) is 8.01. The second kappa shape index (κ2) is 10.9. The minimum atomic E-state index is -0.494. The third kappa shape index (κ3) is 4.99. The molecular weight excluding hydrogens is 432 g/mol. The fraction of sp³-hybridized carbons (Fsp3) is 0.304. The Morgan fingerprint density at radius 3 is 1.06 bits per heavy atom. The molecule has 4 rings (SSSR count). The predicted molar refractivity (Wildman–Crippen MR) is 114 cm³/mol. The highest BCUT2D eigenvalue weighted by Gasteiger charge is 2.37. The Morgan fingerprint density at radius 1 is 0.485 bits per heavy atom. The highest BCUT2D eigenvalue weighted by Crippen LogP contribution is 2.23. The van der Waals surface area contributed by atoms with Crippen LogP contribution in [0.4, 0.5) is 0 Å². The van der Waals surface area contributed by atoms with E-state index in [9.17, 15) is 19.2 Å². The van der Waals surface area contributed by atoms with Gasteiger partial charge in [-0.2, -0.15) is 0 Å². The zero-order valence-electron chi connectivity index (χ0n) is 17.0. The molecule has 0 aliphatic carbocycles. The van der Waals surface area contributed by atoms with Gasteiger partial charge in [-0.3, -0.25) is 28.9 Å². The maximum absolute atomic E-state index is 12.1. The van der Waals surface area contributed by atoms with E-state index in [2.05, 4.69) is 0 Å². The van der Waals surface area contributed by atoms with Crippen LogP contribution >= 0.6 is 0 Å². The van der Waals surface area contributed by atoms with E-state index in [0.717, 1.165) is 10.1 Å². The number of nitrogens with zero attached hydrogens (tertiary/aromatic N) is 2. The molecule has 0 spiro atoms. The molecule has 0 saturated heterocycles. The molecule has 0 unspecified atom stereocenters. The summed E-state index contributed by atoms with van der Waals surface area (Å²) >= 11 is 0. The lowest BCUT2D eigenvalue weighted by Gasteiger charge is -2.14. The number of carbonyl (C=O) groups excluding carboxylic acids is 4. The molecule has 2 aromatic carbocycles. The van der Waals surface area contributed by atoms with Crippen molar-refractivity contribution in [2.75, 3.05) is 39.6 Å². The molecule has 2 aromatic rings. The molecule has 2 aliphatic rings. The van der Waals surface area contributed by atoms with Gasteiger partial charge in [0, 0.05) is 0 Å². The molecule has 0 radical (unpaired) electrons. The van der Waals surface area contributed by atoms with E-state index >= 15 is 0 Å². The second-order valence-electron chi connectivity index (χ2n) is 6.79.